The molecule has 1 saturated heterocycles. The third-order valence-corrected chi connectivity index (χ3v) is 7.55. The zero-order valence-electron chi connectivity index (χ0n) is 15.2. The molecule has 0 aromatic carbocycles. The minimum atomic E-state index is -0.604. The number of amides is 1. The van der Waals surface area contributed by atoms with Crippen molar-refractivity contribution in [2.45, 2.75) is 69.0 Å². The van der Waals surface area contributed by atoms with Gasteiger partial charge in [0, 0.05) is 42.1 Å². The van der Waals surface area contributed by atoms with Crippen LogP contribution in [0.25, 0.3) is 0 Å². The Morgan fingerprint density at radius 2 is 2.08 bits per heavy atom. The SMILES string of the molecule is CC1(C)C(=O)N(C2CC(C#N)(N3C[C@H]4CC[C@@H]3C4)C2)c2cc(Br)cnc21. The van der Waals surface area contributed by atoms with Gasteiger partial charge in [-0.2, -0.15) is 5.26 Å². The summed E-state index contributed by atoms with van der Waals surface area (Å²) in [5.74, 6) is 0.884. The van der Waals surface area contributed by atoms with E-state index >= 15 is 0 Å². The molecule has 2 atom stereocenters. The number of halogens is 1. The summed E-state index contributed by atoms with van der Waals surface area (Å²) >= 11 is 3.49. The van der Waals surface area contributed by atoms with Crippen LogP contribution in [-0.4, -0.2) is 40.0 Å². The summed E-state index contributed by atoms with van der Waals surface area (Å²) < 4.78 is 0.884. The average molecular weight is 415 g/mol. The fourth-order valence-corrected chi connectivity index (χ4v) is 6.03. The molecule has 5 nitrogen and oxygen atoms in total. The van der Waals surface area contributed by atoms with E-state index in [0.29, 0.717) is 6.04 Å². The number of hydrogen-bond acceptors (Lipinski definition) is 4. The molecule has 3 heterocycles. The smallest absolute Gasteiger partial charge is 0.239 e. The molecule has 136 valence electrons. The minimum Gasteiger partial charge on any atom is -0.306 e. The van der Waals surface area contributed by atoms with Crippen molar-refractivity contribution in [2.24, 2.45) is 5.92 Å². The van der Waals surface area contributed by atoms with Gasteiger partial charge in [-0.1, -0.05) is 0 Å². The first kappa shape index (κ1) is 16.7. The second-order valence-electron chi connectivity index (χ2n) is 9.01. The molecule has 2 aliphatic heterocycles. The molecule has 0 radical (unpaired) electrons. The number of rotatable bonds is 2. The van der Waals surface area contributed by atoms with Crippen molar-refractivity contribution in [1.82, 2.24) is 9.88 Å². The van der Waals surface area contributed by atoms with Crippen LogP contribution in [0.1, 0.15) is 51.6 Å². The summed E-state index contributed by atoms with van der Waals surface area (Å²) in [7, 11) is 0. The van der Waals surface area contributed by atoms with Crippen LogP contribution in [-0.2, 0) is 10.2 Å². The van der Waals surface area contributed by atoms with Crippen LogP contribution in [0.15, 0.2) is 16.7 Å². The maximum atomic E-state index is 13.2. The number of nitrogens with zero attached hydrogens (tertiary/aromatic N) is 4. The standard InChI is InChI=1S/C20H23BrN4O/c1-19(2)17-16(6-13(21)9-23-17)25(18(19)26)15-7-20(8-15,11-22)24-10-12-3-4-14(24)5-12/h6,9,12,14-15H,3-5,7-8,10H2,1-2H3/t12-,14+,15?,20?/m0/s1. The van der Waals surface area contributed by atoms with Gasteiger partial charge < -0.3 is 4.90 Å². The number of likely N-dealkylation sites (tertiary alicyclic amines) is 1. The highest BCUT2D eigenvalue weighted by Gasteiger charge is 2.59. The maximum absolute atomic E-state index is 13.2. The van der Waals surface area contributed by atoms with Crippen LogP contribution >= 0.6 is 15.9 Å². The lowest BCUT2D eigenvalue weighted by molar-refractivity contribution is -0.123. The number of pyridine rings is 1. The summed E-state index contributed by atoms with van der Waals surface area (Å²) in [6, 6.07) is 5.30. The molecule has 3 fully saturated rings. The van der Waals surface area contributed by atoms with E-state index in [1.54, 1.807) is 6.20 Å². The highest BCUT2D eigenvalue weighted by atomic mass is 79.9. The first-order valence-corrected chi connectivity index (χ1v) is 10.3. The Bertz CT molecular complexity index is 839. The van der Waals surface area contributed by atoms with Gasteiger partial charge in [-0.15, -0.1) is 0 Å². The second kappa shape index (κ2) is 5.30. The van der Waals surface area contributed by atoms with Crippen LogP contribution in [0, 0.1) is 17.2 Å². The topological polar surface area (TPSA) is 60.2 Å². The number of carbonyl (C=O) groups excluding carboxylic acids is 1. The lowest BCUT2D eigenvalue weighted by Crippen LogP contribution is -2.65. The van der Waals surface area contributed by atoms with Crippen molar-refractivity contribution in [3.8, 4) is 6.07 Å². The molecule has 5 rings (SSSR count). The molecule has 1 amide bonds. The minimum absolute atomic E-state index is 0.0953. The molecule has 26 heavy (non-hydrogen) atoms. The average Bonchev–Trinajstić information content (AvgIpc) is 3.24. The number of piperidine rings is 1. The molecule has 2 saturated carbocycles. The van der Waals surface area contributed by atoms with Crippen LogP contribution < -0.4 is 4.90 Å². The van der Waals surface area contributed by atoms with Crippen molar-refractivity contribution in [3.05, 3.63) is 22.4 Å². The lowest BCUT2D eigenvalue weighted by atomic mass is 9.70. The molecule has 0 N–H and O–H groups in total. The molecule has 2 aliphatic carbocycles. The molecular formula is C20H23BrN4O. The Labute approximate surface area is 162 Å². The summed E-state index contributed by atoms with van der Waals surface area (Å²) in [5, 5.41) is 9.98. The molecule has 0 unspecified atom stereocenters. The van der Waals surface area contributed by atoms with Crippen LogP contribution in [0.3, 0.4) is 0 Å². The van der Waals surface area contributed by atoms with Gasteiger partial charge in [-0.05, 0) is 61.0 Å². The van der Waals surface area contributed by atoms with Crippen LogP contribution in [0.5, 0.6) is 0 Å². The molecule has 2 bridgehead atoms. The molecule has 4 aliphatic rings. The van der Waals surface area contributed by atoms with Crippen LogP contribution in [0.2, 0.25) is 0 Å². The van der Waals surface area contributed by atoms with E-state index in [0.717, 1.165) is 41.2 Å². The number of hydrogen-bond donors (Lipinski definition) is 0. The zero-order chi connectivity index (χ0) is 18.3. The van der Waals surface area contributed by atoms with E-state index < -0.39 is 5.41 Å². The largest absolute Gasteiger partial charge is 0.306 e. The van der Waals surface area contributed by atoms with E-state index in [-0.39, 0.29) is 17.5 Å². The van der Waals surface area contributed by atoms with E-state index in [1.165, 1.54) is 19.3 Å². The van der Waals surface area contributed by atoms with Gasteiger partial charge in [0.05, 0.1) is 22.9 Å². The van der Waals surface area contributed by atoms with E-state index in [2.05, 4.69) is 31.9 Å². The number of carbonyl (C=O) groups is 1. The predicted octanol–water partition coefficient (Wildman–Crippen LogP) is 3.38. The van der Waals surface area contributed by atoms with Crippen LogP contribution in [0.4, 0.5) is 5.69 Å². The van der Waals surface area contributed by atoms with Crippen molar-refractivity contribution < 1.29 is 4.79 Å². The van der Waals surface area contributed by atoms with Gasteiger partial charge in [0.25, 0.3) is 0 Å². The van der Waals surface area contributed by atoms with Crippen molar-refractivity contribution in [3.63, 3.8) is 0 Å². The summed E-state index contributed by atoms with van der Waals surface area (Å²) in [6.07, 6.45) is 7.06. The molecule has 1 aromatic rings. The fraction of sp³-hybridized carbons (Fsp3) is 0.650. The van der Waals surface area contributed by atoms with Gasteiger partial charge in [-0.25, -0.2) is 0 Å². The predicted molar refractivity (Wildman–Crippen MR) is 102 cm³/mol. The first-order chi connectivity index (χ1) is 12.4. The highest BCUT2D eigenvalue weighted by Crippen LogP contribution is 2.52. The van der Waals surface area contributed by atoms with Gasteiger partial charge in [-0.3, -0.25) is 14.7 Å². The molecule has 6 heteroatoms. The summed E-state index contributed by atoms with van der Waals surface area (Å²) in [4.78, 5) is 22.1. The third kappa shape index (κ3) is 2.05. The summed E-state index contributed by atoms with van der Waals surface area (Å²) in [5.41, 5.74) is 0.777. The van der Waals surface area contributed by atoms with E-state index in [9.17, 15) is 10.1 Å². The van der Waals surface area contributed by atoms with Crippen molar-refractivity contribution >= 4 is 27.5 Å². The number of aromatic nitrogens is 1. The monoisotopic (exact) mass is 414 g/mol. The van der Waals surface area contributed by atoms with Crippen molar-refractivity contribution in [2.75, 3.05) is 11.4 Å². The quantitative estimate of drug-likeness (QED) is 0.743. The number of anilines is 1. The van der Waals surface area contributed by atoms with Gasteiger partial charge in [0.1, 0.15) is 5.54 Å². The number of nitriles is 1. The Morgan fingerprint density at radius 3 is 2.69 bits per heavy atom. The number of fused-ring (bicyclic) bond motifs is 3. The highest BCUT2D eigenvalue weighted by molar-refractivity contribution is 9.10. The van der Waals surface area contributed by atoms with Gasteiger partial charge >= 0.3 is 0 Å². The second-order valence-corrected chi connectivity index (χ2v) is 9.93. The summed E-state index contributed by atoms with van der Waals surface area (Å²) in [6.45, 7) is 4.96. The Balaban J connectivity index is 1.44. The molecule has 1 aromatic heterocycles. The van der Waals surface area contributed by atoms with Crippen molar-refractivity contribution in [1.29, 1.82) is 5.26 Å². The molecule has 0 spiro atoms. The van der Waals surface area contributed by atoms with E-state index in [4.69, 9.17) is 0 Å². The van der Waals surface area contributed by atoms with Gasteiger partial charge in [0.15, 0.2) is 0 Å². The third-order valence-electron chi connectivity index (χ3n) is 7.12. The normalized spacial score (nSPS) is 37.5. The van der Waals surface area contributed by atoms with Gasteiger partial charge in [0.2, 0.25) is 5.91 Å². The maximum Gasteiger partial charge on any atom is 0.239 e. The Kier molecular flexibility index (Phi) is 3.40. The zero-order valence-corrected chi connectivity index (χ0v) is 16.8. The van der Waals surface area contributed by atoms with E-state index in [1.807, 2.05) is 24.8 Å². The Hall–Kier alpha value is -1.45. The molecular weight excluding hydrogens is 392 g/mol. The fourth-order valence-electron chi connectivity index (χ4n) is 5.71. The lowest BCUT2D eigenvalue weighted by Gasteiger charge is -2.53. The first-order valence-electron chi connectivity index (χ1n) is 9.53. The Morgan fingerprint density at radius 1 is 1.31 bits per heavy atom.